The molecule has 0 amide bonds. The van der Waals surface area contributed by atoms with Crippen molar-refractivity contribution in [2.75, 3.05) is 31.7 Å². The highest BCUT2D eigenvalue weighted by Gasteiger charge is 2.14. The van der Waals surface area contributed by atoms with Crippen LogP contribution in [0, 0.1) is 6.92 Å². The van der Waals surface area contributed by atoms with Gasteiger partial charge in [-0.15, -0.1) is 0 Å². The Hall–Kier alpha value is -1.69. The van der Waals surface area contributed by atoms with Crippen molar-refractivity contribution in [1.82, 2.24) is 9.97 Å². The maximum atomic E-state index is 10.9. The number of aliphatic carboxylic acids is 1. The number of methoxy groups -OCH3 is 1. The first-order valence-corrected chi connectivity index (χ1v) is 6.25. The Kier molecular flexibility index (Phi) is 5.69. The molecule has 0 fully saturated rings. The van der Waals surface area contributed by atoms with Crippen LogP contribution in [0.25, 0.3) is 0 Å². The van der Waals surface area contributed by atoms with Crippen LogP contribution in [0.2, 0.25) is 0 Å². The molecule has 6 heteroatoms. The lowest BCUT2D eigenvalue weighted by atomic mass is 10.2. The van der Waals surface area contributed by atoms with E-state index in [1.807, 2.05) is 20.8 Å². The quantitative estimate of drug-likeness (QED) is 0.805. The molecule has 0 saturated heterocycles. The Morgan fingerprint density at radius 3 is 2.68 bits per heavy atom. The van der Waals surface area contributed by atoms with Crippen molar-refractivity contribution in [1.29, 1.82) is 0 Å². The predicted molar refractivity (Wildman–Crippen MR) is 72.6 cm³/mol. The number of hydrogen-bond donors (Lipinski definition) is 1. The van der Waals surface area contributed by atoms with Crippen LogP contribution in [0.3, 0.4) is 0 Å². The maximum absolute atomic E-state index is 10.9. The Balaban J connectivity index is 3.02. The van der Waals surface area contributed by atoms with E-state index >= 15 is 0 Å². The van der Waals surface area contributed by atoms with E-state index in [4.69, 9.17) is 9.84 Å². The number of aromatic nitrogens is 2. The Bertz CT molecular complexity index is 435. The summed E-state index contributed by atoms with van der Waals surface area (Å²) in [6, 6.07) is 1.80. The van der Waals surface area contributed by atoms with Gasteiger partial charge in [-0.3, -0.25) is 4.79 Å². The third kappa shape index (κ3) is 4.82. The molecule has 0 aliphatic carbocycles. The molecular weight excluding hydrogens is 246 g/mol. The molecule has 1 aromatic heterocycles. The topological polar surface area (TPSA) is 75.5 Å². The largest absolute Gasteiger partial charge is 0.480 e. The number of anilines is 1. The molecule has 0 spiro atoms. The van der Waals surface area contributed by atoms with Crippen molar-refractivity contribution in [3.63, 3.8) is 0 Å². The SMILES string of the molecule is COCCN(CC(=O)O)c1cc(C)nc(C(C)C)n1. The van der Waals surface area contributed by atoms with Gasteiger partial charge in [0.2, 0.25) is 0 Å². The van der Waals surface area contributed by atoms with Gasteiger partial charge in [-0.2, -0.15) is 0 Å². The van der Waals surface area contributed by atoms with E-state index in [2.05, 4.69) is 9.97 Å². The monoisotopic (exact) mass is 267 g/mol. The number of ether oxygens (including phenoxy) is 1. The van der Waals surface area contributed by atoms with E-state index in [0.29, 0.717) is 19.0 Å². The molecule has 6 nitrogen and oxygen atoms in total. The van der Waals surface area contributed by atoms with Crippen LogP contribution < -0.4 is 4.90 Å². The fraction of sp³-hybridized carbons (Fsp3) is 0.615. The summed E-state index contributed by atoms with van der Waals surface area (Å²) in [6.07, 6.45) is 0. The summed E-state index contributed by atoms with van der Waals surface area (Å²) in [5, 5.41) is 8.97. The lowest BCUT2D eigenvalue weighted by Gasteiger charge is -2.22. The molecule has 1 heterocycles. The standard InChI is InChI=1S/C13H21N3O3/c1-9(2)13-14-10(3)7-11(15-13)16(5-6-19-4)8-12(17)18/h7,9H,5-6,8H2,1-4H3,(H,17,18). The van der Waals surface area contributed by atoms with Crippen molar-refractivity contribution in [3.8, 4) is 0 Å². The van der Waals surface area contributed by atoms with E-state index in [1.54, 1.807) is 18.1 Å². The van der Waals surface area contributed by atoms with Crippen molar-refractivity contribution >= 4 is 11.8 Å². The van der Waals surface area contributed by atoms with Gasteiger partial charge in [0.25, 0.3) is 0 Å². The molecule has 0 aromatic carbocycles. The summed E-state index contributed by atoms with van der Waals surface area (Å²) in [5.41, 5.74) is 0.835. The van der Waals surface area contributed by atoms with Crippen molar-refractivity contribution in [2.24, 2.45) is 0 Å². The van der Waals surface area contributed by atoms with Crippen LogP contribution in [0.4, 0.5) is 5.82 Å². The first-order valence-electron chi connectivity index (χ1n) is 6.25. The molecule has 0 unspecified atom stereocenters. The first-order chi connectivity index (χ1) is 8.93. The van der Waals surface area contributed by atoms with E-state index in [1.165, 1.54) is 0 Å². The number of carboxylic acids is 1. The molecule has 0 aliphatic heterocycles. The third-order valence-electron chi connectivity index (χ3n) is 2.59. The molecule has 1 rings (SSSR count). The Labute approximate surface area is 113 Å². The minimum absolute atomic E-state index is 0.0999. The van der Waals surface area contributed by atoms with Gasteiger partial charge in [-0.25, -0.2) is 9.97 Å². The maximum Gasteiger partial charge on any atom is 0.323 e. The van der Waals surface area contributed by atoms with Gasteiger partial charge >= 0.3 is 5.97 Å². The summed E-state index contributed by atoms with van der Waals surface area (Å²) in [4.78, 5) is 21.4. The van der Waals surface area contributed by atoms with Gasteiger partial charge in [0.15, 0.2) is 0 Å². The van der Waals surface area contributed by atoms with Gasteiger partial charge in [-0.1, -0.05) is 13.8 Å². The van der Waals surface area contributed by atoms with Crippen molar-refractivity contribution in [3.05, 3.63) is 17.6 Å². The van der Waals surface area contributed by atoms with Crippen LogP contribution in [0.15, 0.2) is 6.07 Å². The Morgan fingerprint density at radius 2 is 2.16 bits per heavy atom. The van der Waals surface area contributed by atoms with Gasteiger partial charge in [0.1, 0.15) is 18.2 Å². The highest BCUT2D eigenvalue weighted by Crippen LogP contribution is 2.17. The molecule has 0 saturated carbocycles. The number of carbonyl (C=O) groups is 1. The molecule has 1 aromatic rings. The smallest absolute Gasteiger partial charge is 0.323 e. The second-order valence-corrected chi connectivity index (χ2v) is 4.69. The zero-order chi connectivity index (χ0) is 14.4. The average molecular weight is 267 g/mol. The zero-order valence-corrected chi connectivity index (χ0v) is 11.9. The minimum atomic E-state index is -0.890. The highest BCUT2D eigenvalue weighted by molar-refractivity contribution is 5.73. The Morgan fingerprint density at radius 1 is 1.47 bits per heavy atom. The molecular formula is C13H21N3O3. The van der Waals surface area contributed by atoms with Crippen LogP contribution in [0.5, 0.6) is 0 Å². The average Bonchev–Trinajstić information content (AvgIpc) is 2.33. The van der Waals surface area contributed by atoms with Crippen LogP contribution in [-0.2, 0) is 9.53 Å². The normalized spacial score (nSPS) is 10.8. The van der Waals surface area contributed by atoms with Gasteiger partial charge in [0.05, 0.1) is 6.61 Å². The van der Waals surface area contributed by atoms with Crippen LogP contribution in [-0.4, -0.2) is 47.8 Å². The summed E-state index contributed by atoms with van der Waals surface area (Å²) in [5.74, 6) is 0.671. The molecule has 19 heavy (non-hydrogen) atoms. The molecule has 1 N–H and O–H groups in total. The second-order valence-electron chi connectivity index (χ2n) is 4.69. The van der Waals surface area contributed by atoms with Crippen LogP contribution in [0.1, 0.15) is 31.3 Å². The number of nitrogens with zero attached hydrogens (tertiary/aromatic N) is 3. The number of aryl methyl sites for hydroxylation is 1. The summed E-state index contributed by atoms with van der Waals surface area (Å²) < 4.78 is 5.01. The van der Waals surface area contributed by atoms with Crippen molar-refractivity contribution < 1.29 is 14.6 Å². The molecule has 0 radical (unpaired) electrons. The zero-order valence-electron chi connectivity index (χ0n) is 11.9. The van der Waals surface area contributed by atoms with Crippen LogP contribution >= 0.6 is 0 Å². The van der Waals surface area contributed by atoms with Gasteiger partial charge in [-0.05, 0) is 6.92 Å². The highest BCUT2D eigenvalue weighted by atomic mass is 16.5. The number of carboxylic acid groups (broad SMARTS) is 1. The first kappa shape index (κ1) is 15.4. The minimum Gasteiger partial charge on any atom is -0.480 e. The molecule has 0 aliphatic rings. The summed E-state index contributed by atoms with van der Waals surface area (Å²) >= 11 is 0. The second kappa shape index (κ2) is 7.04. The number of hydrogen-bond acceptors (Lipinski definition) is 5. The fourth-order valence-corrected chi connectivity index (χ4v) is 1.63. The van der Waals surface area contributed by atoms with Gasteiger partial charge in [0, 0.05) is 31.3 Å². The summed E-state index contributed by atoms with van der Waals surface area (Å²) in [7, 11) is 1.59. The molecule has 0 bridgehead atoms. The van der Waals surface area contributed by atoms with E-state index in [0.717, 1.165) is 11.5 Å². The summed E-state index contributed by atoms with van der Waals surface area (Å²) in [6.45, 7) is 6.73. The predicted octanol–water partition coefficient (Wildman–Crippen LogP) is 1.45. The van der Waals surface area contributed by atoms with E-state index < -0.39 is 5.97 Å². The lowest BCUT2D eigenvalue weighted by molar-refractivity contribution is -0.135. The number of rotatable bonds is 7. The third-order valence-corrected chi connectivity index (χ3v) is 2.59. The lowest BCUT2D eigenvalue weighted by Crippen LogP contribution is -2.33. The van der Waals surface area contributed by atoms with E-state index in [9.17, 15) is 4.79 Å². The molecule has 0 atom stereocenters. The fourth-order valence-electron chi connectivity index (χ4n) is 1.63. The molecule has 106 valence electrons. The van der Waals surface area contributed by atoms with Gasteiger partial charge < -0.3 is 14.7 Å². The van der Waals surface area contributed by atoms with Crippen molar-refractivity contribution in [2.45, 2.75) is 26.7 Å². The van der Waals surface area contributed by atoms with E-state index in [-0.39, 0.29) is 12.5 Å².